The number of nitrogens with zero attached hydrogens (tertiary/aromatic N) is 4. The van der Waals surface area contributed by atoms with Gasteiger partial charge in [-0.3, -0.25) is 4.79 Å². The van der Waals surface area contributed by atoms with E-state index in [-0.39, 0.29) is 51.6 Å². The van der Waals surface area contributed by atoms with Gasteiger partial charge in [-0.1, -0.05) is 23.2 Å². The number of halogens is 3. The first-order chi connectivity index (χ1) is 16.4. The number of anilines is 2. The van der Waals surface area contributed by atoms with Crippen molar-refractivity contribution in [2.75, 3.05) is 64.3 Å². The van der Waals surface area contributed by atoms with E-state index in [2.05, 4.69) is 20.5 Å². The topological polar surface area (TPSA) is 125 Å². The molecule has 2 aromatic rings. The molecule has 0 atom stereocenters. The second-order valence-electron chi connectivity index (χ2n) is 7.58. The molecule has 3 rings (SSSR count). The van der Waals surface area contributed by atoms with E-state index in [9.17, 15) is 9.18 Å². The molecule has 13 heteroatoms. The number of carbonyl (C=O) groups is 1. The number of ether oxygens (including phenoxy) is 3. The molecule has 186 valence electrons. The quantitative estimate of drug-likeness (QED) is 0.342. The van der Waals surface area contributed by atoms with Gasteiger partial charge in [0.15, 0.2) is 5.82 Å². The van der Waals surface area contributed by atoms with E-state index >= 15 is 0 Å². The molecule has 34 heavy (non-hydrogen) atoms. The molecule has 1 aromatic heterocycles. The molecule has 1 aliphatic heterocycles. The van der Waals surface area contributed by atoms with Crippen LogP contribution in [0.2, 0.25) is 10.0 Å². The van der Waals surface area contributed by atoms with Crippen molar-refractivity contribution >= 4 is 40.9 Å². The van der Waals surface area contributed by atoms with Gasteiger partial charge in [-0.25, -0.2) is 4.39 Å². The lowest BCUT2D eigenvalue weighted by Crippen LogP contribution is -2.44. The van der Waals surface area contributed by atoms with Crippen LogP contribution in [0.3, 0.4) is 0 Å². The van der Waals surface area contributed by atoms with Crippen molar-refractivity contribution in [3.8, 4) is 11.3 Å². The van der Waals surface area contributed by atoms with Crippen LogP contribution in [0.5, 0.6) is 0 Å². The number of likely N-dealkylation sites (tertiary alicyclic amines) is 1. The Labute approximate surface area is 206 Å². The largest absolute Gasteiger partial charge is 0.382 e. The average Bonchev–Trinajstić information content (AvgIpc) is 2.81. The van der Waals surface area contributed by atoms with Gasteiger partial charge in [0, 0.05) is 31.8 Å². The summed E-state index contributed by atoms with van der Waals surface area (Å²) in [4.78, 5) is 18.3. The predicted octanol–water partition coefficient (Wildman–Crippen LogP) is 2.65. The van der Waals surface area contributed by atoms with Crippen molar-refractivity contribution in [3.63, 3.8) is 0 Å². The summed E-state index contributed by atoms with van der Waals surface area (Å²) < 4.78 is 29.3. The van der Waals surface area contributed by atoms with Crippen LogP contribution in [0.1, 0.15) is 12.8 Å². The number of benzene rings is 1. The first-order valence-electron chi connectivity index (χ1n) is 10.7. The molecule has 0 aliphatic carbocycles. The molecule has 0 bridgehead atoms. The third-order valence-electron chi connectivity index (χ3n) is 5.17. The molecule has 1 amide bonds. The van der Waals surface area contributed by atoms with Crippen LogP contribution in [0.4, 0.5) is 16.2 Å². The fraction of sp³-hybridized carbons (Fsp3) is 0.524. The summed E-state index contributed by atoms with van der Waals surface area (Å²) in [6.45, 7) is 2.94. The number of hydrogen-bond donors (Lipinski definition) is 2. The minimum Gasteiger partial charge on any atom is -0.382 e. The lowest BCUT2D eigenvalue weighted by molar-refractivity contribution is -0.137. The Bertz CT molecular complexity index is 979. The summed E-state index contributed by atoms with van der Waals surface area (Å²) in [6, 6.07) is 2.31. The molecule has 0 radical (unpaired) electrons. The average molecular weight is 517 g/mol. The molecular weight excluding hydrogens is 490 g/mol. The molecular formula is C21H27Cl2FN6O4. The number of nitrogens with two attached hydrogens (primary N) is 1. The fourth-order valence-electron chi connectivity index (χ4n) is 3.39. The Morgan fingerprint density at radius 1 is 1.18 bits per heavy atom. The van der Waals surface area contributed by atoms with Gasteiger partial charge in [0.2, 0.25) is 11.9 Å². The smallest absolute Gasteiger partial charge is 0.248 e. The number of aromatic nitrogens is 3. The van der Waals surface area contributed by atoms with Crippen LogP contribution in [0.15, 0.2) is 12.1 Å². The molecule has 0 spiro atoms. The number of amides is 1. The Balaban J connectivity index is 1.45. The Hall–Kier alpha value is -2.31. The fourth-order valence-corrected chi connectivity index (χ4v) is 3.79. The molecule has 1 saturated heterocycles. The van der Waals surface area contributed by atoms with E-state index in [1.54, 1.807) is 12.0 Å². The highest BCUT2D eigenvalue weighted by atomic mass is 35.5. The van der Waals surface area contributed by atoms with Gasteiger partial charge in [-0.15, -0.1) is 10.2 Å². The Morgan fingerprint density at radius 3 is 2.59 bits per heavy atom. The van der Waals surface area contributed by atoms with Crippen molar-refractivity contribution in [3.05, 3.63) is 28.0 Å². The first kappa shape index (κ1) is 26.3. The monoisotopic (exact) mass is 516 g/mol. The predicted molar refractivity (Wildman–Crippen MR) is 126 cm³/mol. The lowest BCUT2D eigenvalue weighted by Gasteiger charge is -2.32. The van der Waals surface area contributed by atoms with Crippen molar-refractivity contribution < 1.29 is 23.4 Å². The second-order valence-corrected chi connectivity index (χ2v) is 8.36. The summed E-state index contributed by atoms with van der Waals surface area (Å²) in [7, 11) is 1.61. The minimum absolute atomic E-state index is 0.0173. The van der Waals surface area contributed by atoms with Gasteiger partial charge in [0.05, 0.1) is 36.5 Å². The summed E-state index contributed by atoms with van der Waals surface area (Å²) in [5.74, 6) is -0.360. The summed E-state index contributed by atoms with van der Waals surface area (Å²) in [5.41, 5.74) is 6.38. The first-order valence-corrected chi connectivity index (χ1v) is 11.5. The third kappa shape index (κ3) is 7.34. The molecule has 1 fully saturated rings. The van der Waals surface area contributed by atoms with Crippen LogP contribution in [-0.4, -0.2) is 85.3 Å². The van der Waals surface area contributed by atoms with Crippen LogP contribution >= 0.6 is 23.2 Å². The van der Waals surface area contributed by atoms with Crippen LogP contribution in [0, 0.1) is 5.82 Å². The maximum Gasteiger partial charge on any atom is 0.248 e. The van der Waals surface area contributed by atoms with Crippen LogP contribution in [-0.2, 0) is 19.0 Å². The minimum atomic E-state index is -0.574. The summed E-state index contributed by atoms with van der Waals surface area (Å²) >= 11 is 12.1. The second kappa shape index (κ2) is 13.0. The maximum absolute atomic E-state index is 13.7. The summed E-state index contributed by atoms with van der Waals surface area (Å²) in [5, 5.41) is 11.4. The van der Waals surface area contributed by atoms with E-state index in [1.165, 1.54) is 6.07 Å². The zero-order chi connectivity index (χ0) is 24.5. The molecule has 1 aromatic carbocycles. The molecule has 0 saturated carbocycles. The standard InChI is InChI=1S/C21H27Cl2FN6O4/c1-32-6-7-33-8-9-34-12-17(31)30-4-2-14(3-5-30)26-21-27-20(25)19(28-29-21)15-10-13(24)11-16(22)18(15)23/h10-11,14H,2-9,12H2,1H3,(H3,25,26,27,29). The zero-order valence-electron chi connectivity index (χ0n) is 18.7. The summed E-state index contributed by atoms with van der Waals surface area (Å²) in [6.07, 6.45) is 1.39. The Kier molecular flexibility index (Phi) is 10.0. The molecule has 3 N–H and O–H groups in total. The number of rotatable bonds is 11. The van der Waals surface area contributed by atoms with Crippen molar-refractivity contribution in [1.82, 2.24) is 20.1 Å². The molecule has 2 heterocycles. The highest BCUT2D eigenvalue weighted by molar-refractivity contribution is 6.43. The number of methoxy groups -OCH3 is 1. The van der Waals surface area contributed by atoms with Gasteiger partial charge < -0.3 is 30.2 Å². The lowest BCUT2D eigenvalue weighted by atomic mass is 10.1. The molecule has 10 nitrogen and oxygen atoms in total. The van der Waals surface area contributed by atoms with Gasteiger partial charge in [-0.2, -0.15) is 4.98 Å². The van der Waals surface area contributed by atoms with Gasteiger partial charge in [0.25, 0.3) is 0 Å². The van der Waals surface area contributed by atoms with E-state index in [1.807, 2.05) is 0 Å². The van der Waals surface area contributed by atoms with Crippen molar-refractivity contribution in [1.29, 1.82) is 0 Å². The maximum atomic E-state index is 13.7. The van der Waals surface area contributed by atoms with E-state index in [4.69, 9.17) is 43.1 Å². The Morgan fingerprint density at radius 2 is 1.88 bits per heavy atom. The van der Waals surface area contributed by atoms with Crippen LogP contribution in [0.25, 0.3) is 11.3 Å². The van der Waals surface area contributed by atoms with E-state index in [0.29, 0.717) is 52.4 Å². The van der Waals surface area contributed by atoms with Crippen molar-refractivity contribution in [2.45, 2.75) is 18.9 Å². The normalized spacial score (nSPS) is 14.4. The van der Waals surface area contributed by atoms with E-state index in [0.717, 1.165) is 6.07 Å². The van der Waals surface area contributed by atoms with Gasteiger partial charge in [0.1, 0.15) is 18.1 Å². The number of piperidine rings is 1. The zero-order valence-corrected chi connectivity index (χ0v) is 20.2. The number of carbonyl (C=O) groups excluding carboxylic acids is 1. The number of nitrogen functional groups attached to an aromatic ring is 1. The molecule has 0 unspecified atom stereocenters. The number of hydrogen-bond acceptors (Lipinski definition) is 9. The highest BCUT2D eigenvalue weighted by Crippen LogP contribution is 2.35. The van der Waals surface area contributed by atoms with Gasteiger partial charge >= 0.3 is 0 Å². The molecule has 1 aliphatic rings. The highest BCUT2D eigenvalue weighted by Gasteiger charge is 2.24. The SMILES string of the molecule is COCCOCCOCC(=O)N1CCC(Nc2nnc(-c3cc(F)cc(Cl)c3Cl)c(N)n2)CC1. The van der Waals surface area contributed by atoms with Crippen LogP contribution < -0.4 is 11.1 Å². The third-order valence-corrected chi connectivity index (χ3v) is 5.97. The van der Waals surface area contributed by atoms with E-state index < -0.39 is 5.82 Å². The van der Waals surface area contributed by atoms with Gasteiger partial charge in [-0.05, 0) is 25.0 Å². The number of nitrogens with one attached hydrogen (secondary N) is 1. The van der Waals surface area contributed by atoms with Crippen molar-refractivity contribution in [2.24, 2.45) is 0 Å².